The molecule has 0 radical (unpaired) electrons. The van der Waals surface area contributed by atoms with Gasteiger partial charge >= 0.3 is 0 Å². The molecular formula is C15H24N2O2. The number of rotatable bonds is 6. The van der Waals surface area contributed by atoms with Gasteiger partial charge in [-0.3, -0.25) is 4.79 Å². The first-order valence-electron chi connectivity index (χ1n) is 6.89. The minimum absolute atomic E-state index is 0.163. The summed E-state index contributed by atoms with van der Waals surface area (Å²) in [7, 11) is 1.89. The zero-order valence-corrected chi connectivity index (χ0v) is 12.3. The van der Waals surface area contributed by atoms with Crippen LogP contribution in [0.2, 0.25) is 0 Å². The van der Waals surface area contributed by atoms with Gasteiger partial charge < -0.3 is 15.1 Å². The highest BCUT2D eigenvalue weighted by atomic mass is 16.3. The molecule has 0 atom stereocenters. The molecule has 1 aliphatic carbocycles. The Morgan fingerprint density at radius 2 is 2.11 bits per heavy atom. The first-order chi connectivity index (χ1) is 8.89. The number of furan rings is 1. The fourth-order valence-electron chi connectivity index (χ4n) is 2.35. The Morgan fingerprint density at radius 1 is 1.42 bits per heavy atom. The standard InChI is InChI=1S/C15H24N2O2/c1-11-5-6-12(19-11)14(2,3)9-17-13(18)15(7-8-15)10-16-4/h5-6,16H,7-10H2,1-4H3,(H,17,18). The van der Waals surface area contributed by atoms with Gasteiger partial charge in [0.05, 0.1) is 5.41 Å². The summed E-state index contributed by atoms with van der Waals surface area (Å²) in [4.78, 5) is 12.2. The van der Waals surface area contributed by atoms with E-state index in [-0.39, 0.29) is 16.7 Å². The maximum atomic E-state index is 12.2. The number of hydrogen-bond donors (Lipinski definition) is 2. The molecule has 0 saturated heterocycles. The Labute approximate surface area is 114 Å². The van der Waals surface area contributed by atoms with E-state index in [9.17, 15) is 4.79 Å². The quantitative estimate of drug-likeness (QED) is 0.826. The van der Waals surface area contributed by atoms with Crippen molar-refractivity contribution in [3.05, 3.63) is 23.7 Å². The van der Waals surface area contributed by atoms with Crippen LogP contribution in [0, 0.1) is 12.3 Å². The van der Waals surface area contributed by atoms with Crippen LogP contribution in [0.25, 0.3) is 0 Å². The van der Waals surface area contributed by atoms with Gasteiger partial charge in [0, 0.05) is 18.5 Å². The average Bonchev–Trinajstić information content (AvgIpc) is 3.00. The molecule has 0 unspecified atom stereocenters. The van der Waals surface area contributed by atoms with Crippen LogP contribution in [0.5, 0.6) is 0 Å². The van der Waals surface area contributed by atoms with Crippen LogP contribution in [0.4, 0.5) is 0 Å². The van der Waals surface area contributed by atoms with E-state index in [0.717, 1.165) is 30.9 Å². The molecule has 1 heterocycles. The summed E-state index contributed by atoms with van der Waals surface area (Å²) in [6, 6.07) is 3.95. The molecule has 1 aliphatic rings. The first kappa shape index (κ1) is 14.1. The molecule has 2 N–H and O–H groups in total. The fourth-order valence-corrected chi connectivity index (χ4v) is 2.35. The third-order valence-corrected chi connectivity index (χ3v) is 3.95. The van der Waals surface area contributed by atoms with Crippen LogP contribution in [0.3, 0.4) is 0 Å². The summed E-state index contributed by atoms with van der Waals surface area (Å²) in [6.07, 6.45) is 1.97. The molecule has 4 nitrogen and oxygen atoms in total. The number of carbonyl (C=O) groups is 1. The molecule has 1 saturated carbocycles. The predicted molar refractivity (Wildman–Crippen MR) is 75.1 cm³/mol. The highest BCUT2D eigenvalue weighted by Gasteiger charge is 2.49. The SMILES string of the molecule is CNCC1(C(=O)NCC(C)(C)c2ccc(C)o2)CC1. The van der Waals surface area contributed by atoms with Crippen LogP contribution < -0.4 is 10.6 Å². The summed E-state index contributed by atoms with van der Waals surface area (Å²) >= 11 is 0. The number of nitrogens with one attached hydrogen (secondary N) is 2. The third-order valence-electron chi connectivity index (χ3n) is 3.95. The van der Waals surface area contributed by atoms with Gasteiger partial charge in [-0.2, -0.15) is 0 Å². The molecule has 0 bridgehead atoms. The molecule has 19 heavy (non-hydrogen) atoms. The lowest BCUT2D eigenvalue weighted by Crippen LogP contribution is -2.43. The second-order valence-corrected chi connectivity index (χ2v) is 6.29. The summed E-state index contributed by atoms with van der Waals surface area (Å²) in [5.41, 5.74) is -0.344. The van der Waals surface area contributed by atoms with E-state index >= 15 is 0 Å². The third kappa shape index (κ3) is 3.00. The van der Waals surface area contributed by atoms with E-state index < -0.39 is 0 Å². The van der Waals surface area contributed by atoms with E-state index in [2.05, 4.69) is 24.5 Å². The van der Waals surface area contributed by atoms with Crippen molar-refractivity contribution in [2.75, 3.05) is 20.1 Å². The first-order valence-corrected chi connectivity index (χ1v) is 6.89. The number of hydrogen-bond acceptors (Lipinski definition) is 3. The Kier molecular flexibility index (Phi) is 3.72. The van der Waals surface area contributed by atoms with Crippen molar-refractivity contribution < 1.29 is 9.21 Å². The van der Waals surface area contributed by atoms with Crippen molar-refractivity contribution in [2.45, 2.75) is 39.0 Å². The molecule has 0 aliphatic heterocycles. The number of carbonyl (C=O) groups excluding carboxylic acids is 1. The fraction of sp³-hybridized carbons (Fsp3) is 0.667. The minimum atomic E-state index is -0.181. The summed E-state index contributed by atoms with van der Waals surface area (Å²) in [5, 5.41) is 6.18. The zero-order valence-electron chi connectivity index (χ0n) is 12.3. The monoisotopic (exact) mass is 264 g/mol. The molecule has 1 aromatic heterocycles. The van der Waals surface area contributed by atoms with E-state index in [1.807, 2.05) is 26.1 Å². The molecule has 1 aromatic rings. The van der Waals surface area contributed by atoms with E-state index in [4.69, 9.17) is 4.42 Å². The van der Waals surface area contributed by atoms with Crippen molar-refractivity contribution in [1.82, 2.24) is 10.6 Å². The Morgan fingerprint density at radius 3 is 2.58 bits per heavy atom. The van der Waals surface area contributed by atoms with Crippen LogP contribution in [0.15, 0.2) is 16.5 Å². The van der Waals surface area contributed by atoms with Gasteiger partial charge in [0.1, 0.15) is 11.5 Å². The maximum absolute atomic E-state index is 12.2. The topological polar surface area (TPSA) is 54.3 Å². The smallest absolute Gasteiger partial charge is 0.227 e. The molecule has 106 valence electrons. The average molecular weight is 264 g/mol. The zero-order chi connectivity index (χ0) is 14.1. The van der Waals surface area contributed by atoms with Crippen molar-refractivity contribution >= 4 is 5.91 Å². The highest BCUT2D eigenvalue weighted by Crippen LogP contribution is 2.45. The summed E-state index contributed by atoms with van der Waals surface area (Å²) in [6.45, 7) is 7.47. The molecule has 1 amide bonds. The molecule has 0 aromatic carbocycles. The van der Waals surface area contributed by atoms with Gasteiger partial charge in [-0.15, -0.1) is 0 Å². The van der Waals surface area contributed by atoms with Gasteiger partial charge in [-0.05, 0) is 38.9 Å². The van der Waals surface area contributed by atoms with Crippen molar-refractivity contribution in [1.29, 1.82) is 0 Å². The van der Waals surface area contributed by atoms with E-state index in [1.165, 1.54) is 0 Å². The largest absolute Gasteiger partial charge is 0.466 e. The maximum Gasteiger partial charge on any atom is 0.227 e. The lowest BCUT2D eigenvalue weighted by Gasteiger charge is -2.24. The molecule has 2 rings (SSSR count). The van der Waals surface area contributed by atoms with Gasteiger partial charge in [0.2, 0.25) is 5.91 Å². The van der Waals surface area contributed by atoms with Crippen LogP contribution >= 0.6 is 0 Å². The number of amides is 1. The Bertz CT molecular complexity index is 458. The Hall–Kier alpha value is -1.29. The van der Waals surface area contributed by atoms with Crippen molar-refractivity contribution in [3.8, 4) is 0 Å². The number of aryl methyl sites for hydroxylation is 1. The molecular weight excluding hydrogens is 240 g/mol. The molecule has 1 fully saturated rings. The summed E-state index contributed by atoms with van der Waals surface area (Å²) in [5.74, 6) is 1.99. The second-order valence-electron chi connectivity index (χ2n) is 6.29. The van der Waals surface area contributed by atoms with Crippen LogP contribution in [-0.2, 0) is 10.2 Å². The second kappa shape index (κ2) is 5.00. The van der Waals surface area contributed by atoms with E-state index in [0.29, 0.717) is 6.54 Å². The van der Waals surface area contributed by atoms with E-state index in [1.54, 1.807) is 0 Å². The predicted octanol–water partition coefficient (Wildman–Crippen LogP) is 1.98. The summed E-state index contributed by atoms with van der Waals surface area (Å²) < 4.78 is 5.67. The van der Waals surface area contributed by atoms with Gasteiger partial charge in [-0.25, -0.2) is 0 Å². The van der Waals surface area contributed by atoms with Crippen LogP contribution in [-0.4, -0.2) is 26.0 Å². The van der Waals surface area contributed by atoms with Crippen LogP contribution in [0.1, 0.15) is 38.2 Å². The minimum Gasteiger partial charge on any atom is -0.466 e. The highest BCUT2D eigenvalue weighted by molar-refractivity contribution is 5.85. The molecule has 4 heteroatoms. The van der Waals surface area contributed by atoms with Gasteiger partial charge in [-0.1, -0.05) is 13.8 Å². The van der Waals surface area contributed by atoms with Crippen molar-refractivity contribution in [3.63, 3.8) is 0 Å². The van der Waals surface area contributed by atoms with Gasteiger partial charge in [0.15, 0.2) is 0 Å². The Balaban J connectivity index is 1.93. The molecule has 0 spiro atoms. The lowest BCUT2D eigenvalue weighted by atomic mass is 9.90. The lowest BCUT2D eigenvalue weighted by molar-refractivity contribution is -0.126. The van der Waals surface area contributed by atoms with Crippen molar-refractivity contribution in [2.24, 2.45) is 5.41 Å². The normalized spacial score (nSPS) is 17.3. The van der Waals surface area contributed by atoms with Gasteiger partial charge in [0.25, 0.3) is 0 Å².